The topological polar surface area (TPSA) is 44.4 Å². The van der Waals surface area contributed by atoms with E-state index in [0.29, 0.717) is 0 Å². The predicted octanol–water partition coefficient (Wildman–Crippen LogP) is 1.12. The molecule has 4 nitrogen and oxygen atoms in total. The molecule has 1 amide bonds. The Bertz CT molecular complexity index is 258. The Balaban J connectivity index is 1.60. The smallest absolute Gasteiger partial charge is 0.237 e. The monoisotopic (exact) mass is 253 g/mol. The maximum absolute atomic E-state index is 11.9. The van der Waals surface area contributed by atoms with Gasteiger partial charge in [-0.05, 0) is 39.3 Å². The third kappa shape index (κ3) is 3.95. The quantitative estimate of drug-likeness (QED) is 0.772. The highest BCUT2D eigenvalue weighted by atomic mass is 16.2. The summed E-state index contributed by atoms with van der Waals surface area (Å²) in [7, 11) is 2.18. The lowest BCUT2D eigenvalue weighted by Gasteiger charge is -2.26. The summed E-state index contributed by atoms with van der Waals surface area (Å²) in [5.74, 6) is 0.189. The standard InChI is InChI=1S/C14H27N3O/c1-17(12-6-2-3-7-12)11-10-16-14(18)13-8-4-5-9-15-13/h12-13,15H,2-11H2,1H3,(H,16,18)/t13-/m0/s1. The first-order chi connectivity index (χ1) is 8.77. The first-order valence-corrected chi connectivity index (χ1v) is 7.48. The van der Waals surface area contributed by atoms with Crippen LogP contribution in [0.25, 0.3) is 0 Å². The molecule has 0 aromatic carbocycles. The molecule has 2 N–H and O–H groups in total. The van der Waals surface area contributed by atoms with Crippen molar-refractivity contribution in [2.75, 3.05) is 26.7 Å². The van der Waals surface area contributed by atoms with E-state index in [-0.39, 0.29) is 11.9 Å². The van der Waals surface area contributed by atoms with Crippen LogP contribution in [0, 0.1) is 0 Å². The van der Waals surface area contributed by atoms with Gasteiger partial charge in [-0.15, -0.1) is 0 Å². The fourth-order valence-corrected chi connectivity index (χ4v) is 3.08. The summed E-state index contributed by atoms with van der Waals surface area (Å²) in [5, 5.41) is 6.35. The van der Waals surface area contributed by atoms with Gasteiger partial charge in [-0.3, -0.25) is 4.79 Å². The van der Waals surface area contributed by atoms with Crippen molar-refractivity contribution >= 4 is 5.91 Å². The van der Waals surface area contributed by atoms with E-state index in [9.17, 15) is 4.79 Å². The Morgan fingerprint density at radius 3 is 2.61 bits per heavy atom. The third-order valence-corrected chi connectivity index (χ3v) is 4.34. The van der Waals surface area contributed by atoms with Crippen LogP contribution in [0.3, 0.4) is 0 Å². The van der Waals surface area contributed by atoms with Crippen molar-refractivity contribution in [2.45, 2.75) is 57.0 Å². The highest BCUT2D eigenvalue weighted by Gasteiger charge is 2.21. The van der Waals surface area contributed by atoms with Gasteiger partial charge in [-0.1, -0.05) is 19.3 Å². The Labute approximate surface area is 110 Å². The predicted molar refractivity (Wildman–Crippen MR) is 73.5 cm³/mol. The summed E-state index contributed by atoms with van der Waals surface area (Å²) in [4.78, 5) is 14.3. The van der Waals surface area contributed by atoms with Crippen molar-refractivity contribution in [1.82, 2.24) is 15.5 Å². The van der Waals surface area contributed by atoms with Gasteiger partial charge in [0.25, 0.3) is 0 Å². The zero-order valence-electron chi connectivity index (χ0n) is 11.6. The van der Waals surface area contributed by atoms with Crippen molar-refractivity contribution in [1.29, 1.82) is 0 Å². The summed E-state index contributed by atoms with van der Waals surface area (Å²) in [6.07, 6.45) is 8.76. The molecule has 2 rings (SSSR count). The average molecular weight is 253 g/mol. The van der Waals surface area contributed by atoms with E-state index in [2.05, 4.69) is 22.6 Å². The average Bonchev–Trinajstić information content (AvgIpc) is 2.93. The second kappa shape index (κ2) is 7.10. The Morgan fingerprint density at radius 1 is 1.22 bits per heavy atom. The van der Waals surface area contributed by atoms with Crippen LogP contribution in [0.4, 0.5) is 0 Å². The Hall–Kier alpha value is -0.610. The molecule has 4 heteroatoms. The van der Waals surface area contributed by atoms with E-state index in [1.807, 2.05) is 0 Å². The molecule has 0 aromatic heterocycles. The highest BCUT2D eigenvalue weighted by molar-refractivity contribution is 5.81. The zero-order chi connectivity index (χ0) is 12.8. The van der Waals surface area contributed by atoms with Crippen LogP contribution in [0.1, 0.15) is 44.9 Å². The van der Waals surface area contributed by atoms with E-state index < -0.39 is 0 Å². The minimum absolute atomic E-state index is 0.0514. The SMILES string of the molecule is CN(CCNC(=O)[C@@H]1CCCCN1)C1CCCC1. The van der Waals surface area contributed by atoms with Crippen molar-refractivity contribution in [2.24, 2.45) is 0 Å². The van der Waals surface area contributed by atoms with Gasteiger partial charge in [-0.2, -0.15) is 0 Å². The summed E-state index contributed by atoms with van der Waals surface area (Å²) < 4.78 is 0. The molecule has 2 fully saturated rings. The lowest BCUT2D eigenvalue weighted by atomic mass is 10.0. The number of rotatable bonds is 5. The van der Waals surface area contributed by atoms with Crippen LogP contribution in [0.15, 0.2) is 0 Å². The van der Waals surface area contributed by atoms with Gasteiger partial charge in [0.2, 0.25) is 5.91 Å². The van der Waals surface area contributed by atoms with Gasteiger partial charge in [0.05, 0.1) is 6.04 Å². The van der Waals surface area contributed by atoms with E-state index in [4.69, 9.17) is 0 Å². The molecule has 0 bridgehead atoms. The molecule has 0 unspecified atom stereocenters. The molecular weight excluding hydrogens is 226 g/mol. The second-order valence-electron chi connectivity index (χ2n) is 5.71. The lowest BCUT2D eigenvalue weighted by molar-refractivity contribution is -0.123. The van der Waals surface area contributed by atoms with Gasteiger partial charge >= 0.3 is 0 Å². The molecule has 18 heavy (non-hydrogen) atoms. The van der Waals surface area contributed by atoms with Gasteiger partial charge < -0.3 is 15.5 Å². The van der Waals surface area contributed by atoms with Gasteiger partial charge in [-0.25, -0.2) is 0 Å². The molecular formula is C14H27N3O. The Kier molecular flexibility index (Phi) is 5.45. The van der Waals surface area contributed by atoms with Crippen LogP contribution in [0.2, 0.25) is 0 Å². The van der Waals surface area contributed by atoms with Crippen LogP contribution in [-0.2, 0) is 4.79 Å². The number of likely N-dealkylation sites (N-methyl/N-ethyl adjacent to an activating group) is 1. The number of hydrogen-bond donors (Lipinski definition) is 2. The fraction of sp³-hybridized carbons (Fsp3) is 0.929. The van der Waals surface area contributed by atoms with Gasteiger partial charge in [0, 0.05) is 19.1 Å². The van der Waals surface area contributed by atoms with Gasteiger partial charge in [0.1, 0.15) is 0 Å². The number of nitrogens with one attached hydrogen (secondary N) is 2. The van der Waals surface area contributed by atoms with Gasteiger partial charge in [0.15, 0.2) is 0 Å². The van der Waals surface area contributed by atoms with Crippen molar-refractivity contribution < 1.29 is 4.79 Å². The maximum atomic E-state index is 11.9. The second-order valence-corrected chi connectivity index (χ2v) is 5.71. The molecule has 1 aliphatic heterocycles. The van der Waals surface area contributed by atoms with Crippen LogP contribution in [-0.4, -0.2) is 49.6 Å². The normalized spacial score (nSPS) is 25.6. The minimum Gasteiger partial charge on any atom is -0.353 e. The van der Waals surface area contributed by atoms with E-state index in [0.717, 1.165) is 32.1 Å². The summed E-state index contributed by atoms with van der Waals surface area (Å²) in [6, 6.07) is 0.797. The third-order valence-electron chi connectivity index (χ3n) is 4.34. The van der Waals surface area contributed by atoms with Crippen LogP contribution in [0.5, 0.6) is 0 Å². The number of nitrogens with zero attached hydrogens (tertiary/aromatic N) is 1. The molecule has 1 atom stereocenters. The molecule has 0 radical (unpaired) electrons. The number of carbonyl (C=O) groups excluding carboxylic acids is 1. The number of hydrogen-bond acceptors (Lipinski definition) is 3. The first kappa shape index (κ1) is 13.8. The lowest BCUT2D eigenvalue weighted by Crippen LogP contribution is -2.48. The molecule has 0 spiro atoms. The molecule has 1 saturated heterocycles. The number of piperidine rings is 1. The van der Waals surface area contributed by atoms with E-state index >= 15 is 0 Å². The summed E-state index contributed by atoms with van der Waals surface area (Å²) >= 11 is 0. The highest BCUT2D eigenvalue weighted by Crippen LogP contribution is 2.21. The van der Waals surface area contributed by atoms with Crippen LogP contribution < -0.4 is 10.6 Å². The van der Waals surface area contributed by atoms with Crippen LogP contribution >= 0.6 is 0 Å². The molecule has 0 aromatic rings. The Morgan fingerprint density at radius 2 is 1.94 bits per heavy atom. The molecule has 1 saturated carbocycles. The number of carbonyl (C=O) groups is 1. The van der Waals surface area contributed by atoms with Crippen molar-refractivity contribution in [3.63, 3.8) is 0 Å². The summed E-state index contributed by atoms with van der Waals surface area (Å²) in [6.45, 7) is 2.74. The first-order valence-electron chi connectivity index (χ1n) is 7.48. The fourth-order valence-electron chi connectivity index (χ4n) is 3.08. The van der Waals surface area contributed by atoms with E-state index in [1.54, 1.807) is 0 Å². The molecule has 104 valence electrons. The largest absolute Gasteiger partial charge is 0.353 e. The van der Waals surface area contributed by atoms with E-state index in [1.165, 1.54) is 38.5 Å². The van der Waals surface area contributed by atoms with Crippen molar-refractivity contribution in [3.8, 4) is 0 Å². The molecule has 2 aliphatic rings. The van der Waals surface area contributed by atoms with Crippen molar-refractivity contribution in [3.05, 3.63) is 0 Å². The maximum Gasteiger partial charge on any atom is 0.237 e. The summed E-state index contributed by atoms with van der Waals surface area (Å²) in [5.41, 5.74) is 0. The number of amides is 1. The molecule has 1 aliphatic carbocycles. The zero-order valence-corrected chi connectivity index (χ0v) is 11.6. The minimum atomic E-state index is 0.0514. The molecule has 1 heterocycles.